The lowest BCUT2D eigenvalue weighted by molar-refractivity contribution is -0.120. The monoisotopic (exact) mass is 315 g/mol. The Balaban J connectivity index is 1.55. The van der Waals surface area contributed by atoms with Gasteiger partial charge in [-0.1, -0.05) is 12.8 Å². The van der Waals surface area contributed by atoms with Crippen LogP contribution >= 0.6 is 0 Å². The van der Waals surface area contributed by atoms with E-state index in [1.165, 1.54) is 0 Å². The van der Waals surface area contributed by atoms with E-state index in [-0.39, 0.29) is 12.3 Å². The summed E-state index contributed by atoms with van der Waals surface area (Å²) in [5, 5.41) is 19.9. The van der Waals surface area contributed by atoms with Gasteiger partial charge in [0.1, 0.15) is 5.75 Å². The van der Waals surface area contributed by atoms with E-state index in [2.05, 4.69) is 15.5 Å². The van der Waals surface area contributed by atoms with Crippen molar-refractivity contribution in [2.45, 2.75) is 44.6 Å². The van der Waals surface area contributed by atoms with Crippen LogP contribution in [-0.4, -0.2) is 26.8 Å². The summed E-state index contributed by atoms with van der Waals surface area (Å²) in [7, 11) is 0. The van der Waals surface area contributed by atoms with E-state index in [0.29, 0.717) is 30.2 Å². The number of aryl methyl sites for hydroxylation is 1. The molecule has 1 amide bonds. The van der Waals surface area contributed by atoms with E-state index in [1.807, 2.05) is 6.92 Å². The van der Waals surface area contributed by atoms with Crippen molar-refractivity contribution in [2.24, 2.45) is 0 Å². The largest absolute Gasteiger partial charge is 0.438 e. The third kappa shape index (κ3) is 4.10. The van der Waals surface area contributed by atoms with Crippen molar-refractivity contribution in [3.63, 3.8) is 0 Å². The number of hydrogen-bond donors (Lipinski definition) is 3. The van der Waals surface area contributed by atoms with Gasteiger partial charge in [0.25, 0.3) is 0 Å². The van der Waals surface area contributed by atoms with Gasteiger partial charge < -0.3 is 15.2 Å². The second-order valence-electron chi connectivity index (χ2n) is 6.17. The molecule has 1 aromatic carbocycles. The van der Waals surface area contributed by atoms with Gasteiger partial charge in [-0.05, 0) is 44.0 Å². The first-order valence-electron chi connectivity index (χ1n) is 7.85. The van der Waals surface area contributed by atoms with Crippen LogP contribution in [0.25, 0.3) is 0 Å². The Hall–Kier alpha value is -2.34. The molecule has 3 N–H and O–H groups in total. The maximum Gasteiger partial charge on any atom is 0.238 e. The fourth-order valence-electron chi connectivity index (χ4n) is 2.89. The van der Waals surface area contributed by atoms with E-state index in [1.54, 1.807) is 30.3 Å². The molecule has 0 atom stereocenters. The Bertz CT molecular complexity index is 673. The average Bonchev–Trinajstić information content (AvgIpc) is 3.10. The average molecular weight is 315 g/mol. The maximum absolute atomic E-state index is 12.0. The number of aromatic amines is 1. The quantitative estimate of drug-likeness (QED) is 0.791. The highest BCUT2D eigenvalue weighted by Gasteiger charge is 2.33. The van der Waals surface area contributed by atoms with E-state index in [9.17, 15) is 9.90 Å². The summed E-state index contributed by atoms with van der Waals surface area (Å²) in [5.74, 6) is 0.984. The predicted molar refractivity (Wildman–Crippen MR) is 86.5 cm³/mol. The zero-order valence-corrected chi connectivity index (χ0v) is 13.1. The molecule has 2 aromatic rings. The number of H-pyrrole nitrogens is 1. The first-order valence-corrected chi connectivity index (χ1v) is 7.85. The molecule has 3 rings (SSSR count). The number of benzene rings is 1. The fourth-order valence-corrected chi connectivity index (χ4v) is 2.89. The molecule has 1 aliphatic rings. The van der Waals surface area contributed by atoms with E-state index < -0.39 is 5.60 Å². The van der Waals surface area contributed by atoms with Gasteiger partial charge in [-0.2, -0.15) is 0 Å². The van der Waals surface area contributed by atoms with Crippen molar-refractivity contribution >= 4 is 11.6 Å². The lowest BCUT2D eigenvalue weighted by atomic mass is 9.97. The molecule has 23 heavy (non-hydrogen) atoms. The van der Waals surface area contributed by atoms with Gasteiger partial charge in [-0.25, -0.2) is 0 Å². The molecule has 0 unspecified atom stereocenters. The predicted octanol–water partition coefficient (Wildman–Crippen LogP) is 3.14. The van der Waals surface area contributed by atoms with Crippen LogP contribution in [0.2, 0.25) is 0 Å². The van der Waals surface area contributed by atoms with Crippen LogP contribution in [0.5, 0.6) is 11.6 Å². The van der Waals surface area contributed by atoms with Crippen molar-refractivity contribution in [3.05, 3.63) is 36.0 Å². The molecule has 0 saturated heterocycles. The van der Waals surface area contributed by atoms with E-state index in [0.717, 1.165) is 18.5 Å². The summed E-state index contributed by atoms with van der Waals surface area (Å²) >= 11 is 0. The Morgan fingerprint density at radius 1 is 1.35 bits per heavy atom. The molecule has 0 radical (unpaired) electrons. The van der Waals surface area contributed by atoms with Crippen molar-refractivity contribution in [2.75, 3.05) is 5.32 Å². The number of nitrogens with one attached hydrogen (secondary N) is 2. The molecule has 0 bridgehead atoms. The number of rotatable bonds is 5. The van der Waals surface area contributed by atoms with Crippen LogP contribution in [0.4, 0.5) is 5.69 Å². The number of aromatic nitrogens is 2. The Morgan fingerprint density at radius 3 is 2.65 bits per heavy atom. The smallest absolute Gasteiger partial charge is 0.238 e. The summed E-state index contributed by atoms with van der Waals surface area (Å²) in [6.45, 7) is 1.90. The molecule has 1 aromatic heterocycles. The molecular formula is C17H21N3O3. The molecule has 1 saturated carbocycles. The number of carbonyl (C=O) groups excluding carboxylic acids is 1. The van der Waals surface area contributed by atoms with Gasteiger partial charge in [-0.15, -0.1) is 5.10 Å². The standard InChI is InChI=1S/C17H21N3O3/c1-12-10-16(20-19-12)23-14-6-4-13(5-7-14)18-15(21)11-17(22)8-2-3-9-17/h4-7,10,22H,2-3,8-9,11H2,1H3,(H,18,21)(H,19,20). The molecule has 0 aliphatic heterocycles. The van der Waals surface area contributed by atoms with Gasteiger partial charge >= 0.3 is 0 Å². The normalized spacial score (nSPS) is 16.3. The maximum atomic E-state index is 12.0. The molecule has 0 spiro atoms. The summed E-state index contributed by atoms with van der Waals surface area (Å²) in [5.41, 5.74) is 0.779. The second-order valence-corrected chi connectivity index (χ2v) is 6.17. The van der Waals surface area contributed by atoms with Gasteiger partial charge in [0.05, 0.1) is 12.0 Å². The Morgan fingerprint density at radius 2 is 2.04 bits per heavy atom. The first-order chi connectivity index (χ1) is 11.0. The third-order valence-electron chi connectivity index (χ3n) is 4.07. The molecular weight excluding hydrogens is 294 g/mol. The lowest BCUT2D eigenvalue weighted by Gasteiger charge is -2.21. The van der Waals surface area contributed by atoms with Gasteiger partial charge in [0, 0.05) is 17.4 Å². The number of nitrogens with zero attached hydrogens (tertiary/aromatic N) is 1. The van der Waals surface area contributed by atoms with Crippen molar-refractivity contribution in [1.29, 1.82) is 0 Å². The van der Waals surface area contributed by atoms with Crippen molar-refractivity contribution in [3.8, 4) is 11.6 Å². The van der Waals surface area contributed by atoms with Gasteiger partial charge in [0.2, 0.25) is 11.8 Å². The van der Waals surface area contributed by atoms with Crippen LogP contribution in [0.15, 0.2) is 30.3 Å². The van der Waals surface area contributed by atoms with Crippen LogP contribution in [0.1, 0.15) is 37.8 Å². The molecule has 6 nitrogen and oxygen atoms in total. The number of hydrogen-bond acceptors (Lipinski definition) is 4. The molecule has 122 valence electrons. The van der Waals surface area contributed by atoms with Crippen LogP contribution in [-0.2, 0) is 4.79 Å². The number of amides is 1. The molecule has 6 heteroatoms. The molecule has 1 heterocycles. The number of aliphatic hydroxyl groups is 1. The summed E-state index contributed by atoms with van der Waals surface area (Å²) in [6, 6.07) is 8.88. The zero-order chi connectivity index (χ0) is 16.3. The third-order valence-corrected chi connectivity index (χ3v) is 4.07. The number of carbonyl (C=O) groups is 1. The SMILES string of the molecule is Cc1cc(Oc2ccc(NC(=O)CC3(O)CCCC3)cc2)n[nH]1. The Labute approximate surface area is 134 Å². The van der Waals surface area contributed by atoms with Crippen LogP contribution in [0, 0.1) is 6.92 Å². The topological polar surface area (TPSA) is 87.2 Å². The number of anilines is 1. The lowest BCUT2D eigenvalue weighted by Crippen LogP contribution is -2.30. The van der Waals surface area contributed by atoms with Crippen molar-refractivity contribution in [1.82, 2.24) is 10.2 Å². The summed E-state index contributed by atoms with van der Waals surface area (Å²) < 4.78 is 5.59. The summed E-state index contributed by atoms with van der Waals surface area (Å²) in [6.07, 6.45) is 3.54. The minimum atomic E-state index is -0.828. The fraction of sp³-hybridized carbons (Fsp3) is 0.412. The molecule has 1 fully saturated rings. The first kappa shape index (κ1) is 15.6. The van der Waals surface area contributed by atoms with Crippen molar-refractivity contribution < 1.29 is 14.6 Å². The molecule has 1 aliphatic carbocycles. The minimum Gasteiger partial charge on any atom is -0.438 e. The van der Waals surface area contributed by atoms with Gasteiger partial charge in [0.15, 0.2) is 0 Å². The van der Waals surface area contributed by atoms with Gasteiger partial charge in [-0.3, -0.25) is 9.89 Å². The van der Waals surface area contributed by atoms with E-state index in [4.69, 9.17) is 4.74 Å². The highest BCUT2D eigenvalue weighted by Crippen LogP contribution is 2.32. The summed E-state index contributed by atoms with van der Waals surface area (Å²) in [4.78, 5) is 12.0. The second kappa shape index (κ2) is 6.42. The minimum absolute atomic E-state index is 0.151. The van der Waals surface area contributed by atoms with E-state index >= 15 is 0 Å². The van der Waals surface area contributed by atoms with Crippen LogP contribution < -0.4 is 10.1 Å². The van der Waals surface area contributed by atoms with Crippen LogP contribution in [0.3, 0.4) is 0 Å². The highest BCUT2D eigenvalue weighted by molar-refractivity contribution is 5.91. The Kier molecular flexibility index (Phi) is 4.34. The number of ether oxygens (including phenoxy) is 1. The zero-order valence-electron chi connectivity index (χ0n) is 13.1. The highest BCUT2D eigenvalue weighted by atomic mass is 16.5.